The van der Waals surface area contributed by atoms with E-state index in [0.717, 1.165) is 5.92 Å². The first kappa shape index (κ1) is 12.2. The van der Waals surface area contributed by atoms with Gasteiger partial charge < -0.3 is 5.73 Å². The van der Waals surface area contributed by atoms with Crippen LogP contribution in [-0.2, 0) is 5.54 Å². The smallest absolute Gasteiger partial charge is 0.0513 e. The van der Waals surface area contributed by atoms with E-state index in [-0.39, 0.29) is 5.54 Å². The second-order valence-electron chi connectivity index (χ2n) is 6.18. The van der Waals surface area contributed by atoms with Crippen LogP contribution in [0, 0.1) is 17.3 Å². The number of hydrogen-bond donors (Lipinski definition) is 1. The Balaban J connectivity index is 2.13. The Morgan fingerprint density at radius 3 is 2.61 bits per heavy atom. The van der Waals surface area contributed by atoms with Crippen LogP contribution in [0.3, 0.4) is 0 Å². The van der Waals surface area contributed by atoms with Crippen LogP contribution in [0.25, 0.3) is 0 Å². The lowest BCUT2D eigenvalue weighted by Gasteiger charge is -2.51. The van der Waals surface area contributed by atoms with Crippen LogP contribution < -0.4 is 5.73 Å². The molecule has 3 atom stereocenters. The van der Waals surface area contributed by atoms with Gasteiger partial charge in [-0.1, -0.05) is 19.9 Å². The molecule has 0 radical (unpaired) electrons. The molecule has 98 valence electrons. The summed E-state index contributed by atoms with van der Waals surface area (Å²) in [6.07, 6.45) is 10.2. The van der Waals surface area contributed by atoms with Crippen LogP contribution in [-0.4, -0.2) is 4.98 Å². The predicted molar refractivity (Wildman–Crippen MR) is 73.9 cm³/mol. The fourth-order valence-electron chi connectivity index (χ4n) is 5.18. The van der Waals surface area contributed by atoms with Crippen molar-refractivity contribution in [2.24, 2.45) is 23.0 Å². The minimum Gasteiger partial charge on any atom is -0.321 e. The van der Waals surface area contributed by atoms with Crippen LogP contribution in [0.15, 0.2) is 24.5 Å². The number of pyridine rings is 1. The molecule has 0 spiro atoms. The summed E-state index contributed by atoms with van der Waals surface area (Å²) >= 11 is 0. The van der Waals surface area contributed by atoms with Crippen molar-refractivity contribution in [1.82, 2.24) is 4.98 Å². The number of nitrogens with two attached hydrogens (primary N) is 1. The minimum atomic E-state index is -0.145. The molecule has 18 heavy (non-hydrogen) atoms. The second kappa shape index (κ2) is 4.06. The number of aromatic nitrogens is 1. The Morgan fingerprint density at radius 1 is 1.28 bits per heavy atom. The van der Waals surface area contributed by atoms with E-state index in [9.17, 15) is 0 Å². The molecule has 2 N–H and O–H groups in total. The summed E-state index contributed by atoms with van der Waals surface area (Å²) < 4.78 is 0. The van der Waals surface area contributed by atoms with Gasteiger partial charge in [0.05, 0.1) is 5.54 Å². The molecule has 1 heterocycles. The third-order valence-electron chi connectivity index (χ3n) is 6.08. The molecule has 1 aromatic rings. The van der Waals surface area contributed by atoms with Crippen LogP contribution in [0.5, 0.6) is 0 Å². The molecule has 2 bridgehead atoms. The van der Waals surface area contributed by atoms with Gasteiger partial charge in [-0.05, 0) is 61.0 Å². The van der Waals surface area contributed by atoms with Gasteiger partial charge in [0.25, 0.3) is 0 Å². The summed E-state index contributed by atoms with van der Waals surface area (Å²) in [4.78, 5) is 4.31. The third-order valence-corrected chi connectivity index (χ3v) is 6.08. The van der Waals surface area contributed by atoms with Crippen molar-refractivity contribution in [2.75, 3.05) is 0 Å². The second-order valence-corrected chi connectivity index (χ2v) is 6.18. The maximum absolute atomic E-state index is 7.03. The van der Waals surface area contributed by atoms with E-state index in [1.54, 1.807) is 0 Å². The molecular weight excluding hydrogens is 220 g/mol. The van der Waals surface area contributed by atoms with E-state index in [1.807, 2.05) is 18.5 Å². The fraction of sp³-hybridized carbons (Fsp3) is 0.688. The van der Waals surface area contributed by atoms with Gasteiger partial charge in [-0.15, -0.1) is 0 Å². The van der Waals surface area contributed by atoms with Crippen LogP contribution in [0.4, 0.5) is 0 Å². The van der Waals surface area contributed by atoms with E-state index in [0.29, 0.717) is 11.3 Å². The summed E-state index contributed by atoms with van der Waals surface area (Å²) in [5.74, 6) is 1.48. The van der Waals surface area contributed by atoms with Gasteiger partial charge in [0.2, 0.25) is 0 Å². The maximum atomic E-state index is 7.03. The number of fused-ring (bicyclic) bond motifs is 2. The maximum Gasteiger partial charge on any atom is 0.0513 e. The van der Waals surface area contributed by atoms with Crippen LogP contribution in [0.2, 0.25) is 0 Å². The molecule has 0 amide bonds. The van der Waals surface area contributed by atoms with Crippen LogP contribution in [0.1, 0.15) is 51.5 Å². The molecule has 2 heteroatoms. The lowest BCUT2D eigenvalue weighted by molar-refractivity contribution is 0.0352. The molecule has 0 aromatic carbocycles. The van der Waals surface area contributed by atoms with Crippen molar-refractivity contribution in [2.45, 2.75) is 51.5 Å². The first-order chi connectivity index (χ1) is 8.69. The Labute approximate surface area is 110 Å². The molecular formula is C16H24N2. The number of rotatable bonds is 3. The molecule has 3 rings (SSSR count). The normalized spacial score (nSPS) is 37.1. The number of nitrogens with zero attached hydrogens (tertiary/aromatic N) is 1. The topological polar surface area (TPSA) is 38.9 Å². The first-order valence-corrected chi connectivity index (χ1v) is 7.38. The highest BCUT2D eigenvalue weighted by atomic mass is 14.9. The molecule has 0 aliphatic heterocycles. The molecule has 2 aliphatic carbocycles. The Bertz CT molecular complexity index is 424. The summed E-state index contributed by atoms with van der Waals surface area (Å²) in [6.45, 7) is 4.64. The fourth-order valence-corrected chi connectivity index (χ4v) is 5.18. The molecule has 0 saturated heterocycles. The van der Waals surface area contributed by atoms with Crippen molar-refractivity contribution < 1.29 is 0 Å². The van der Waals surface area contributed by atoms with E-state index < -0.39 is 0 Å². The van der Waals surface area contributed by atoms with Crippen molar-refractivity contribution >= 4 is 0 Å². The van der Waals surface area contributed by atoms with Gasteiger partial charge >= 0.3 is 0 Å². The highest BCUT2D eigenvalue weighted by Crippen LogP contribution is 2.67. The van der Waals surface area contributed by atoms with Gasteiger partial charge in [-0.25, -0.2) is 0 Å². The van der Waals surface area contributed by atoms with Gasteiger partial charge in [0.1, 0.15) is 0 Å². The van der Waals surface area contributed by atoms with Crippen molar-refractivity contribution in [1.29, 1.82) is 0 Å². The zero-order chi connectivity index (χ0) is 12.8. The van der Waals surface area contributed by atoms with Crippen molar-refractivity contribution in [3.8, 4) is 0 Å². The average molecular weight is 244 g/mol. The quantitative estimate of drug-likeness (QED) is 0.884. The van der Waals surface area contributed by atoms with Crippen LogP contribution >= 0.6 is 0 Å². The first-order valence-electron chi connectivity index (χ1n) is 7.38. The predicted octanol–water partition coefficient (Wildman–Crippen LogP) is 3.47. The van der Waals surface area contributed by atoms with Gasteiger partial charge in [-0.2, -0.15) is 0 Å². The lowest BCUT2D eigenvalue weighted by atomic mass is 9.56. The zero-order valence-electron chi connectivity index (χ0n) is 11.5. The number of hydrogen-bond acceptors (Lipinski definition) is 2. The van der Waals surface area contributed by atoms with E-state index >= 15 is 0 Å². The summed E-state index contributed by atoms with van der Waals surface area (Å²) in [5, 5.41) is 0. The van der Waals surface area contributed by atoms with Gasteiger partial charge in [0.15, 0.2) is 0 Å². The standard InChI is InChI=1S/C16H24N2/c1-3-15(4-2)12-7-8-13(10-12)16(15,17)14-6-5-9-18-11-14/h5-6,9,11-13H,3-4,7-8,10,17H2,1-2H3/t12?,13-,16+/m1/s1. The zero-order valence-corrected chi connectivity index (χ0v) is 11.5. The van der Waals surface area contributed by atoms with Crippen molar-refractivity contribution in [3.63, 3.8) is 0 Å². The van der Waals surface area contributed by atoms with E-state index in [1.165, 1.54) is 37.7 Å². The SMILES string of the molecule is CCC1(CC)C2CC[C@H](C2)[C@]1(N)c1cccnc1. The summed E-state index contributed by atoms with van der Waals surface area (Å²) in [5.41, 5.74) is 8.44. The van der Waals surface area contributed by atoms with Gasteiger partial charge in [-0.3, -0.25) is 4.98 Å². The molecule has 2 nitrogen and oxygen atoms in total. The van der Waals surface area contributed by atoms with Crippen molar-refractivity contribution in [3.05, 3.63) is 30.1 Å². The third kappa shape index (κ3) is 1.25. The van der Waals surface area contributed by atoms with E-state index in [2.05, 4.69) is 24.9 Å². The average Bonchev–Trinajstić information content (AvgIpc) is 2.99. The molecule has 1 unspecified atom stereocenters. The molecule has 1 aromatic heterocycles. The lowest BCUT2D eigenvalue weighted by Crippen LogP contribution is -2.56. The summed E-state index contributed by atoms with van der Waals surface area (Å²) in [7, 11) is 0. The van der Waals surface area contributed by atoms with E-state index in [4.69, 9.17) is 5.73 Å². The largest absolute Gasteiger partial charge is 0.321 e. The minimum absolute atomic E-state index is 0.145. The molecule has 2 aliphatic rings. The molecule has 2 saturated carbocycles. The Kier molecular flexibility index (Phi) is 2.74. The highest BCUT2D eigenvalue weighted by Gasteiger charge is 2.64. The summed E-state index contributed by atoms with van der Waals surface area (Å²) in [6, 6.07) is 4.22. The monoisotopic (exact) mass is 244 g/mol. The highest BCUT2D eigenvalue weighted by molar-refractivity contribution is 5.31. The van der Waals surface area contributed by atoms with Gasteiger partial charge in [0, 0.05) is 12.4 Å². The Hall–Kier alpha value is -0.890. The molecule has 2 fully saturated rings. The Morgan fingerprint density at radius 2 is 2.00 bits per heavy atom.